The van der Waals surface area contributed by atoms with E-state index < -0.39 is 16.1 Å². The summed E-state index contributed by atoms with van der Waals surface area (Å²) in [6.45, 7) is 3.17. The van der Waals surface area contributed by atoms with Crippen molar-refractivity contribution >= 4 is 38.9 Å². The molecule has 1 aromatic carbocycles. The summed E-state index contributed by atoms with van der Waals surface area (Å²) in [4.78, 5) is 28.4. The van der Waals surface area contributed by atoms with E-state index in [0.29, 0.717) is 49.5 Å². The monoisotopic (exact) mass is 461 g/mol. The Morgan fingerprint density at radius 1 is 1.00 bits per heavy atom. The summed E-state index contributed by atoms with van der Waals surface area (Å²) in [5.74, 6) is -0.325. The van der Waals surface area contributed by atoms with Gasteiger partial charge in [-0.3, -0.25) is 9.59 Å². The predicted octanol–water partition coefficient (Wildman–Crippen LogP) is 3.09. The predicted molar refractivity (Wildman–Crippen MR) is 120 cm³/mol. The zero-order chi connectivity index (χ0) is 22.0. The highest BCUT2D eigenvalue weighted by Gasteiger charge is 2.42. The van der Waals surface area contributed by atoms with Crippen LogP contribution in [0.25, 0.3) is 0 Å². The highest BCUT2D eigenvalue weighted by atomic mass is 32.2. The van der Waals surface area contributed by atoms with E-state index in [0.717, 1.165) is 10.6 Å². The summed E-state index contributed by atoms with van der Waals surface area (Å²) in [7, 11) is -3.67. The molecule has 3 heterocycles. The minimum atomic E-state index is -3.67. The topological polar surface area (TPSA) is 86.8 Å². The number of nitrogens with one attached hydrogen (secondary N) is 1. The van der Waals surface area contributed by atoms with Gasteiger partial charge >= 0.3 is 0 Å². The number of rotatable bonds is 5. The number of hydrogen-bond acceptors (Lipinski definition) is 5. The van der Waals surface area contributed by atoms with Gasteiger partial charge in [-0.1, -0.05) is 18.2 Å². The van der Waals surface area contributed by atoms with Crippen LogP contribution in [-0.2, 0) is 19.6 Å². The second-order valence-corrected chi connectivity index (χ2v) is 11.5. The number of carbonyl (C=O) groups is 2. The van der Waals surface area contributed by atoms with Gasteiger partial charge in [-0.05, 0) is 56.9 Å². The van der Waals surface area contributed by atoms with Crippen LogP contribution >= 0.6 is 11.3 Å². The fourth-order valence-electron chi connectivity index (χ4n) is 4.28. The maximum atomic E-state index is 13.2. The molecule has 0 unspecified atom stereocenters. The molecule has 1 atom stereocenters. The first-order chi connectivity index (χ1) is 14.9. The largest absolute Gasteiger partial charge is 0.341 e. The summed E-state index contributed by atoms with van der Waals surface area (Å²) >= 11 is 1.24. The Morgan fingerprint density at radius 2 is 1.71 bits per heavy atom. The fraction of sp³-hybridized carbons (Fsp3) is 0.455. The molecule has 9 heteroatoms. The molecular weight excluding hydrogens is 434 g/mol. The quantitative estimate of drug-likeness (QED) is 0.741. The number of benzene rings is 1. The van der Waals surface area contributed by atoms with E-state index in [2.05, 4.69) is 5.32 Å². The molecule has 166 valence electrons. The van der Waals surface area contributed by atoms with Crippen molar-refractivity contribution < 1.29 is 18.0 Å². The second-order valence-electron chi connectivity index (χ2n) is 8.09. The highest BCUT2D eigenvalue weighted by molar-refractivity contribution is 7.91. The molecule has 31 heavy (non-hydrogen) atoms. The van der Waals surface area contributed by atoms with Crippen molar-refractivity contribution in [1.29, 1.82) is 0 Å². The van der Waals surface area contributed by atoms with Gasteiger partial charge in [-0.2, -0.15) is 4.31 Å². The van der Waals surface area contributed by atoms with E-state index in [9.17, 15) is 18.0 Å². The molecule has 2 aromatic rings. The van der Waals surface area contributed by atoms with E-state index in [-0.39, 0.29) is 17.7 Å². The molecule has 1 N–H and O–H groups in total. The number of carbonyl (C=O) groups excluding carboxylic acids is 2. The molecule has 2 amide bonds. The smallest absolute Gasteiger partial charge is 0.253 e. The van der Waals surface area contributed by atoms with Crippen molar-refractivity contribution in [3.05, 3.63) is 47.3 Å². The van der Waals surface area contributed by atoms with Gasteiger partial charge in [0.15, 0.2) is 0 Å². The van der Waals surface area contributed by atoms with Crippen LogP contribution < -0.4 is 5.32 Å². The Kier molecular flexibility index (Phi) is 6.45. The summed E-state index contributed by atoms with van der Waals surface area (Å²) in [5.41, 5.74) is 0.765. The summed E-state index contributed by atoms with van der Waals surface area (Å²) < 4.78 is 27.8. The molecule has 0 radical (unpaired) electrons. The average Bonchev–Trinajstić information content (AvgIpc) is 3.44. The van der Waals surface area contributed by atoms with Crippen LogP contribution in [0, 0.1) is 12.8 Å². The standard InChI is InChI=1S/C22H27N3O4S2/c1-16-9-10-20(30-16)31(28,29)25-13-5-8-19(25)22(27)24-14-11-17(12-15-24)21(26)23-18-6-3-2-4-7-18/h2-4,6-7,9-10,17,19H,5,8,11-15H2,1H3,(H,23,26)/t19-/m0/s1. The Hall–Kier alpha value is -2.23. The van der Waals surface area contributed by atoms with Gasteiger partial charge in [0.05, 0.1) is 0 Å². The van der Waals surface area contributed by atoms with E-state index in [4.69, 9.17) is 0 Å². The third-order valence-corrected chi connectivity index (χ3v) is 9.36. The van der Waals surface area contributed by atoms with Gasteiger partial charge in [-0.25, -0.2) is 8.42 Å². The van der Waals surface area contributed by atoms with Crippen molar-refractivity contribution in [2.75, 3.05) is 25.0 Å². The van der Waals surface area contributed by atoms with Gasteiger partial charge in [0, 0.05) is 36.1 Å². The number of para-hydroxylation sites is 1. The number of thiophene rings is 1. The van der Waals surface area contributed by atoms with Crippen molar-refractivity contribution in [3.63, 3.8) is 0 Å². The Balaban J connectivity index is 1.37. The highest BCUT2D eigenvalue weighted by Crippen LogP contribution is 2.31. The number of hydrogen-bond donors (Lipinski definition) is 1. The second kappa shape index (κ2) is 9.10. The third-order valence-electron chi connectivity index (χ3n) is 5.99. The lowest BCUT2D eigenvalue weighted by atomic mass is 9.95. The molecule has 0 saturated carbocycles. The summed E-state index contributed by atoms with van der Waals surface area (Å²) in [6.07, 6.45) is 2.37. The molecule has 2 saturated heterocycles. The molecule has 2 aliphatic heterocycles. The maximum Gasteiger partial charge on any atom is 0.253 e. The average molecular weight is 462 g/mol. The number of nitrogens with zero attached hydrogens (tertiary/aromatic N) is 2. The summed E-state index contributed by atoms with van der Waals surface area (Å²) in [5, 5.41) is 2.93. The van der Waals surface area contributed by atoms with Crippen molar-refractivity contribution in [3.8, 4) is 0 Å². The lowest BCUT2D eigenvalue weighted by molar-refractivity contribution is -0.137. The molecule has 0 bridgehead atoms. The molecule has 2 fully saturated rings. The Morgan fingerprint density at radius 3 is 2.35 bits per heavy atom. The fourth-order valence-corrected chi connectivity index (χ4v) is 7.34. The van der Waals surface area contributed by atoms with Crippen molar-refractivity contribution in [2.45, 2.75) is 42.9 Å². The zero-order valence-electron chi connectivity index (χ0n) is 17.5. The van der Waals surface area contributed by atoms with Crippen LogP contribution in [0.1, 0.15) is 30.6 Å². The van der Waals surface area contributed by atoms with Gasteiger partial charge in [0.1, 0.15) is 10.3 Å². The van der Waals surface area contributed by atoms with E-state index in [1.807, 2.05) is 37.3 Å². The van der Waals surface area contributed by atoms with Gasteiger partial charge in [0.25, 0.3) is 10.0 Å². The van der Waals surface area contributed by atoms with Crippen LogP contribution in [0.4, 0.5) is 5.69 Å². The number of aryl methyl sites for hydroxylation is 1. The first-order valence-electron chi connectivity index (χ1n) is 10.6. The molecule has 0 aliphatic carbocycles. The first-order valence-corrected chi connectivity index (χ1v) is 12.8. The van der Waals surface area contributed by atoms with Crippen LogP contribution in [-0.4, -0.2) is 55.1 Å². The third kappa shape index (κ3) is 4.68. The zero-order valence-corrected chi connectivity index (χ0v) is 19.1. The van der Waals surface area contributed by atoms with Gasteiger partial charge in [0.2, 0.25) is 11.8 Å². The molecule has 0 spiro atoms. The molecule has 2 aliphatic rings. The van der Waals surface area contributed by atoms with Gasteiger partial charge in [-0.15, -0.1) is 11.3 Å². The Labute approximate surface area is 187 Å². The van der Waals surface area contributed by atoms with Crippen LogP contribution in [0.5, 0.6) is 0 Å². The minimum Gasteiger partial charge on any atom is -0.341 e. The van der Waals surface area contributed by atoms with Crippen molar-refractivity contribution in [1.82, 2.24) is 9.21 Å². The van der Waals surface area contributed by atoms with E-state index >= 15 is 0 Å². The molecule has 1 aromatic heterocycles. The number of likely N-dealkylation sites (tertiary alicyclic amines) is 1. The van der Waals surface area contributed by atoms with Crippen molar-refractivity contribution in [2.24, 2.45) is 5.92 Å². The van der Waals surface area contributed by atoms with E-state index in [1.165, 1.54) is 15.6 Å². The SMILES string of the molecule is Cc1ccc(S(=O)(=O)N2CCC[C@H]2C(=O)N2CCC(C(=O)Nc3ccccc3)CC2)s1. The van der Waals surface area contributed by atoms with Crippen LogP contribution in [0.3, 0.4) is 0 Å². The maximum absolute atomic E-state index is 13.2. The first kappa shape index (κ1) is 22.0. The van der Waals surface area contributed by atoms with E-state index in [1.54, 1.807) is 17.0 Å². The molecule has 4 rings (SSSR count). The number of sulfonamides is 1. The van der Waals surface area contributed by atoms with Crippen LogP contribution in [0.15, 0.2) is 46.7 Å². The van der Waals surface area contributed by atoms with Gasteiger partial charge < -0.3 is 10.2 Å². The number of amides is 2. The lowest BCUT2D eigenvalue weighted by Crippen LogP contribution is -2.50. The summed E-state index contributed by atoms with van der Waals surface area (Å²) in [6, 6.07) is 12.1. The lowest BCUT2D eigenvalue weighted by Gasteiger charge is -2.34. The van der Waals surface area contributed by atoms with Crippen LogP contribution in [0.2, 0.25) is 0 Å². The molecular formula is C22H27N3O4S2. The normalized spacial score (nSPS) is 20.7. The minimum absolute atomic E-state index is 0.0311. The number of piperidine rings is 1. The molecule has 7 nitrogen and oxygen atoms in total. The number of anilines is 1. The Bertz CT molecular complexity index is 1040.